The standard InChI is InChI=1S/C24H26N4O3S/c1-15-7-6-8-19-23(15)26-21-14-17(31-4)10-11-18(21)24(19)25-20-12-9-16(27-32(5,29)30)13-22(20)28(2)3/h6-14,27H,1-5H3,(H,25,26). The van der Waals surface area contributed by atoms with Crippen molar-refractivity contribution in [1.29, 1.82) is 0 Å². The zero-order valence-electron chi connectivity index (χ0n) is 18.7. The summed E-state index contributed by atoms with van der Waals surface area (Å²) in [6, 6.07) is 17.4. The number of hydrogen-bond donors (Lipinski definition) is 2. The van der Waals surface area contributed by atoms with Crippen molar-refractivity contribution in [3.63, 3.8) is 0 Å². The van der Waals surface area contributed by atoms with Crippen molar-refractivity contribution in [1.82, 2.24) is 4.98 Å². The van der Waals surface area contributed by atoms with Gasteiger partial charge in [0.2, 0.25) is 10.0 Å². The molecule has 166 valence electrons. The number of ether oxygens (including phenoxy) is 1. The Kier molecular flexibility index (Phi) is 5.56. The Morgan fingerprint density at radius 3 is 2.47 bits per heavy atom. The number of rotatable bonds is 6. The number of aromatic nitrogens is 1. The Bertz CT molecular complexity index is 1430. The van der Waals surface area contributed by atoms with Gasteiger partial charge in [0.05, 0.1) is 47.1 Å². The van der Waals surface area contributed by atoms with Crippen LogP contribution in [0.4, 0.5) is 22.7 Å². The third-order valence-electron chi connectivity index (χ3n) is 5.26. The van der Waals surface area contributed by atoms with Crippen LogP contribution in [0.15, 0.2) is 54.6 Å². The number of nitrogens with zero attached hydrogens (tertiary/aromatic N) is 2. The number of benzene rings is 3. The minimum absolute atomic E-state index is 0.506. The van der Waals surface area contributed by atoms with Gasteiger partial charge in [0.15, 0.2) is 0 Å². The third kappa shape index (κ3) is 4.27. The first-order valence-corrected chi connectivity index (χ1v) is 12.0. The van der Waals surface area contributed by atoms with Gasteiger partial charge in [-0.2, -0.15) is 0 Å². The van der Waals surface area contributed by atoms with Gasteiger partial charge in [-0.1, -0.05) is 18.2 Å². The van der Waals surface area contributed by atoms with Crippen LogP contribution in [0, 0.1) is 6.92 Å². The zero-order valence-corrected chi connectivity index (χ0v) is 19.5. The number of anilines is 4. The van der Waals surface area contributed by atoms with Gasteiger partial charge >= 0.3 is 0 Å². The molecule has 32 heavy (non-hydrogen) atoms. The molecule has 0 saturated heterocycles. The smallest absolute Gasteiger partial charge is 0.229 e. The molecule has 0 fully saturated rings. The lowest BCUT2D eigenvalue weighted by atomic mass is 10.0. The summed E-state index contributed by atoms with van der Waals surface area (Å²) in [7, 11) is 2.11. The fraction of sp³-hybridized carbons (Fsp3) is 0.208. The minimum Gasteiger partial charge on any atom is -0.497 e. The minimum atomic E-state index is -3.37. The van der Waals surface area contributed by atoms with Gasteiger partial charge in [0, 0.05) is 30.9 Å². The zero-order chi connectivity index (χ0) is 23.0. The molecule has 0 bridgehead atoms. The van der Waals surface area contributed by atoms with Crippen LogP contribution in [0.3, 0.4) is 0 Å². The maximum atomic E-state index is 11.7. The van der Waals surface area contributed by atoms with Gasteiger partial charge in [-0.05, 0) is 42.8 Å². The van der Waals surface area contributed by atoms with Crippen LogP contribution in [-0.2, 0) is 10.0 Å². The second kappa shape index (κ2) is 8.20. The molecule has 0 radical (unpaired) electrons. The van der Waals surface area contributed by atoms with Crippen molar-refractivity contribution in [2.24, 2.45) is 0 Å². The Morgan fingerprint density at radius 2 is 1.78 bits per heavy atom. The third-order valence-corrected chi connectivity index (χ3v) is 5.86. The maximum Gasteiger partial charge on any atom is 0.229 e. The topological polar surface area (TPSA) is 83.6 Å². The molecule has 2 N–H and O–H groups in total. The molecule has 0 spiro atoms. The number of para-hydroxylation sites is 1. The average molecular weight is 451 g/mol. The monoisotopic (exact) mass is 450 g/mol. The van der Waals surface area contributed by atoms with Gasteiger partial charge in [0.25, 0.3) is 0 Å². The molecule has 1 aromatic heterocycles. The van der Waals surface area contributed by atoms with Crippen LogP contribution >= 0.6 is 0 Å². The highest BCUT2D eigenvalue weighted by Crippen LogP contribution is 2.38. The van der Waals surface area contributed by atoms with E-state index in [1.165, 1.54) is 0 Å². The van der Waals surface area contributed by atoms with Crippen LogP contribution in [-0.4, -0.2) is 40.9 Å². The van der Waals surface area contributed by atoms with E-state index in [4.69, 9.17) is 9.72 Å². The lowest BCUT2D eigenvalue weighted by molar-refractivity contribution is 0.415. The Hall–Kier alpha value is -3.52. The number of fused-ring (bicyclic) bond motifs is 2. The summed E-state index contributed by atoms with van der Waals surface area (Å²) in [5.41, 5.74) is 5.96. The lowest BCUT2D eigenvalue weighted by Crippen LogP contribution is -2.14. The summed E-state index contributed by atoms with van der Waals surface area (Å²) in [6.07, 6.45) is 1.14. The first-order valence-electron chi connectivity index (χ1n) is 10.1. The van der Waals surface area contributed by atoms with Gasteiger partial charge in [-0.3, -0.25) is 4.72 Å². The Morgan fingerprint density at radius 1 is 1.00 bits per heavy atom. The van der Waals surface area contributed by atoms with Gasteiger partial charge in [-0.25, -0.2) is 13.4 Å². The molecular weight excluding hydrogens is 424 g/mol. The van der Waals surface area contributed by atoms with Crippen molar-refractivity contribution in [3.05, 3.63) is 60.2 Å². The predicted molar refractivity (Wildman–Crippen MR) is 133 cm³/mol. The molecule has 4 rings (SSSR count). The van der Waals surface area contributed by atoms with Crippen LogP contribution in [0.5, 0.6) is 5.75 Å². The first kappa shape index (κ1) is 21.7. The molecule has 0 saturated carbocycles. The van der Waals surface area contributed by atoms with Gasteiger partial charge in [-0.15, -0.1) is 0 Å². The Labute approximate surface area is 188 Å². The fourth-order valence-electron chi connectivity index (χ4n) is 3.77. The first-order chi connectivity index (χ1) is 15.2. The normalized spacial score (nSPS) is 11.5. The Balaban J connectivity index is 1.92. The molecule has 0 atom stereocenters. The highest BCUT2D eigenvalue weighted by atomic mass is 32.2. The van der Waals surface area contributed by atoms with Crippen LogP contribution in [0.1, 0.15) is 5.56 Å². The van der Waals surface area contributed by atoms with Crippen LogP contribution in [0.25, 0.3) is 21.8 Å². The predicted octanol–water partition coefficient (Wildman–Crippen LogP) is 4.89. The number of pyridine rings is 1. The van der Waals surface area contributed by atoms with Crippen LogP contribution in [0.2, 0.25) is 0 Å². The quantitative estimate of drug-likeness (QED) is 0.407. The summed E-state index contributed by atoms with van der Waals surface area (Å²) < 4.78 is 31.3. The highest BCUT2D eigenvalue weighted by molar-refractivity contribution is 7.92. The van der Waals surface area contributed by atoms with Crippen molar-refractivity contribution in [2.75, 3.05) is 42.4 Å². The van der Waals surface area contributed by atoms with Gasteiger partial charge < -0.3 is 15.0 Å². The average Bonchev–Trinajstić information content (AvgIpc) is 2.73. The summed E-state index contributed by atoms with van der Waals surface area (Å²) in [5, 5.41) is 5.56. The molecule has 4 aromatic rings. The molecule has 8 heteroatoms. The van der Waals surface area contributed by atoms with E-state index in [0.717, 1.165) is 56.4 Å². The summed E-state index contributed by atoms with van der Waals surface area (Å²) in [5.74, 6) is 0.745. The molecular formula is C24H26N4O3S. The largest absolute Gasteiger partial charge is 0.497 e. The number of sulfonamides is 1. The maximum absolute atomic E-state index is 11.7. The summed E-state index contributed by atoms with van der Waals surface area (Å²) in [6.45, 7) is 2.04. The molecule has 0 aliphatic rings. The molecule has 0 unspecified atom stereocenters. The second-order valence-corrected chi connectivity index (χ2v) is 9.71. The number of aryl methyl sites for hydroxylation is 1. The van der Waals surface area contributed by atoms with E-state index >= 15 is 0 Å². The van der Waals surface area contributed by atoms with E-state index in [0.29, 0.717) is 5.69 Å². The molecule has 0 aliphatic heterocycles. The highest BCUT2D eigenvalue weighted by Gasteiger charge is 2.15. The molecule has 0 amide bonds. The van der Waals surface area contributed by atoms with E-state index < -0.39 is 10.0 Å². The lowest BCUT2D eigenvalue weighted by Gasteiger charge is -2.22. The van der Waals surface area contributed by atoms with Gasteiger partial charge in [0.1, 0.15) is 5.75 Å². The molecule has 0 aliphatic carbocycles. The van der Waals surface area contributed by atoms with E-state index in [1.54, 1.807) is 13.2 Å². The SMILES string of the molecule is COc1ccc2c(Nc3ccc(NS(C)(=O)=O)cc3N(C)C)c3cccc(C)c3nc2c1. The van der Waals surface area contributed by atoms with Crippen molar-refractivity contribution < 1.29 is 13.2 Å². The fourth-order valence-corrected chi connectivity index (χ4v) is 4.33. The van der Waals surface area contributed by atoms with E-state index in [2.05, 4.69) is 16.1 Å². The molecule has 1 heterocycles. The number of hydrogen-bond acceptors (Lipinski definition) is 6. The number of methoxy groups -OCH3 is 1. The molecule has 3 aromatic carbocycles. The van der Waals surface area contributed by atoms with Crippen molar-refractivity contribution in [3.8, 4) is 5.75 Å². The summed E-state index contributed by atoms with van der Waals surface area (Å²) in [4.78, 5) is 6.83. The van der Waals surface area contributed by atoms with E-state index in [1.807, 2.05) is 68.4 Å². The number of nitrogens with one attached hydrogen (secondary N) is 2. The molecule has 7 nitrogen and oxygen atoms in total. The van der Waals surface area contributed by atoms with Crippen LogP contribution < -0.4 is 19.7 Å². The van der Waals surface area contributed by atoms with E-state index in [-0.39, 0.29) is 0 Å². The van der Waals surface area contributed by atoms with Crippen molar-refractivity contribution in [2.45, 2.75) is 6.92 Å². The summed E-state index contributed by atoms with van der Waals surface area (Å²) >= 11 is 0. The second-order valence-electron chi connectivity index (χ2n) is 7.97. The van der Waals surface area contributed by atoms with Crippen molar-refractivity contribution >= 4 is 54.6 Å². The van der Waals surface area contributed by atoms with E-state index in [9.17, 15) is 8.42 Å².